The minimum atomic E-state index is -4.06. The average Bonchev–Trinajstić information content (AvgIpc) is 2.78. The van der Waals surface area contributed by atoms with Crippen LogP contribution in [0.5, 0.6) is 5.75 Å². The van der Waals surface area contributed by atoms with Gasteiger partial charge in [-0.15, -0.1) is 0 Å². The number of benzene rings is 3. The first-order valence-corrected chi connectivity index (χ1v) is 11.6. The fraction of sp³-hybridized carbons (Fsp3) is 0.167. The van der Waals surface area contributed by atoms with Gasteiger partial charge < -0.3 is 15.4 Å². The standard InChI is InChI=1S/C24H25N3O5S/c1-16-8-10-18(11-9-16)15-25-24(29)20-6-4-5-7-21(20)27-33(30,31)19-12-13-23(32-3)22(14-19)26-17(2)28/h4-14,27H,15H2,1-3H3,(H,25,29)(H,26,28). The molecule has 3 aromatic carbocycles. The molecule has 0 aliphatic heterocycles. The molecule has 0 atom stereocenters. The van der Waals surface area contributed by atoms with Crippen LogP contribution in [0.4, 0.5) is 11.4 Å². The van der Waals surface area contributed by atoms with Crippen molar-refractivity contribution < 1.29 is 22.7 Å². The van der Waals surface area contributed by atoms with Gasteiger partial charge in [0.1, 0.15) is 5.75 Å². The Kier molecular flexibility index (Phi) is 7.34. The second-order valence-electron chi connectivity index (χ2n) is 7.36. The molecule has 8 nitrogen and oxygen atoms in total. The molecule has 0 radical (unpaired) electrons. The number of amides is 2. The number of ether oxygens (including phenoxy) is 1. The van der Waals surface area contributed by atoms with Crippen LogP contribution in [-0.2, 0) is 21.4 Å². The van der Waals surface area contributed by atoms with Gasteiger partial charge in [-0.2, -0.15) is 0 Å². The molecule has 9 heteroatoms. The lowest BCUT2D eigenvalue weighted by Gasteiger charge is -2.15. The van der Waals surface area contributed by atoms with Crippen molar-refractivity contribution in [3.05, 3.63) is 83.4 Å². The summed E-state index contributed by atoms with van der Waals surface area (Å²) in [4.78, 5) is 24.1. The molecule has 3 rings (SSSR count). The fourth-order valence-corrected chi connectivity index (χ4v) is 4.20. The number of nitrogens with one attached hydrogen (secondary N) is 3. The van der Waals surface area contributed by atoms with Crippen LogP contribution in [0.1, 0.15) is 28.4 Å². The summed E-state index contributed by atoms with van der Waals surface area (Å²) in [6.45, 7) is 3.59. The molecule has 0 fully saturated rings. The van der Waals surface area contributed by atoms with Gasteiger partial charge in [-0.3, -0.25) is 14.3 Å². The number of sulfonamides is 1. The first-order chi connectivity index (χ1) is 15.7. The van der Waals surface area contributed by atoms with E-state index >= 15 is 0 Å². The Bertz CT molecular complexity index is 1270. The molecule has 172 valence electrons. The van der Waals surface area contributed by atoms with Crippen LogP contribution in [0.3, 0.4) is 0 Å². The SMILES string of the molecule is COc1ccc(S(=O)(=O)Nc2ccccc2C(=O)NCc2ccc(C)cc2)cc1NC(C)=O. The van der Waals surface area contributed by atoms with Crippen molar-refractivity contribution in [1.29, 1.82) is 0 Å². The number of carbonyl (C=O) groups excluding carboxylic acids is 2. The molecule has 2 amide bonds. The number of rotatable bonds is 8. The van der Waals surface area contributed by atoms with Gasteiger partial charge in [0.05, 0.1) is 28.9 Å². The highest BCUT2D eigenvalue weighted by Gasteiger charge is 2.20. The fourth-order valence-electron chi connectivity index (χ4n) is 3.10. The monoisotopic (exact) mass is 467 g/mol. The number of para-hydroxylation sites is 1. The maximum absolute atomic E-state index is 13.0. The Morgan fingerprint density at radius 1 is 0.939 bits per heavy atom. The van der Waals surface area contributed by atoms with Gasteiger partial charge in [0.15, 0.2) is 0 Å². The van der Waals surface area contributed by atoms with Crippen molar-refractivity contribution in [3.63, 3.8) is 0 Å². The van der Waals surface area contributed by atoms with Crippen LogP contribution in [0.15, 0.2) is 71.6 Å². The Morgan fingerprint density at radius 2 is 1.64 bits per heavy atom. The summed E-state index contributed by atoms with van der Waals surface area (Å²) >= 11 is 0. The summed E-state index contributed by atoms with van der Waals surface area (Å²) in [6, 6.07) is 18.2. The van der Waals surface area contributed by atoms with Gasteiger partial charge in [-0.05, 0) is 42.8 Å². The Labute approximate surface area is 193 Å². The number of anilines is 2. The summed E-state index contributed by atoms with van der Waals surface area (Å²) < 4.78 is 33.7. The van der Waals surface area contributed by atoms with Crippen molar-refractivity contribution in [2.45, 2.75) is 25.3 Å². The first kappa shape index (κ1) is 23.8. The molecule has 0 aromatic heterocycles. The van der Waals surface area contributed by atoms with Crippen molar-refractivity contribution in [2.24, 2.45) is 0 Å². The van der Waals surface area contributed by atoms with Gasteiger partial charge in [0.2, 0.25) is 5.91 Å². The summed E-state index contributed by atoms with van der Waals surface area (Å²) in [5, 5.41) is 5.35. The van der Waals surface area contributed by atoms with Crippen LogP contribution < -0.4 is 20.1 Å². The van der Waals surface area contributed by atoms with Gasteiger partial charge in [-0.25, -0.2) is 8.42 Å². The van der Waals surface area contributed by atoms with Crippen LogP contribution in [0, 0.1) is 6.92 Å². The first-order valence-electron chi connectivity index (χ1n) is 10.1. The van der Waals surface area contributed by atoms with Crippen molar-refractivity contribution in [2.75, 3.05) is 17.1 Å². The Balaban J connectivity index is 1.82. The highest BCUT2D eigenvalue weighted by atomic mass is 32.2. The largest absolute Gasteiger partial charge is 0.495 e. The zero-order chi connectivity index (χ0) is 24.0. The van der Waals surface area contributed by atoms with E-state index < -0.39 is 15.9 Å². The predicted molar refractivity (Wildman–Crippen MR) is 127 cm³/mol. The van der Waals surface area contributed by atoms with Crippen LogP contribution in [0.25, 0.3) is 0 Å². The molecule has 33 heavy (non-hydrogen) atoms. The normalized spacial score (nSPS) is 10.9. The maximum Gasteiger partial charge on any atom is 0.261 e. The number of methoxy groups -OCH3 is 1. The minimum Gasteiger partial charge on any atom is -0.495 e. The van der Waals surface area contributed by atoms with E-state index in [1.807, 2.05) is 31.2 Å². The molecule has 0 aliphatic carbocycles. The number of hydrogen-bond acceptors (Lipinski definition) is 5. The maximum atomic E-state index is 13.0. The summed E-state index contributed by atoms with van der Waals surface area (Å²) in [6.07, 6.45) is 0. The molecule has 3 aromatic rings. The molecule has 0 spiro atoms. The van der Waals surface area contributed by atoms with Gasteiger partial charge >= 0.3 is 0 Å². The second kappa shape index (κ2) is 10.2. The van der Waals surface area contributed by atoms with Crippen molar-refractivity contribution in [3.8, 4) is 5.75 Å². The lowest BCUT2D eigenvalue weighted by atomic mass is 10.1. The van der Waals surface area contributed by atoms with Gasteiger partial charge in [0, 0.05) is 13.5 Å². The smallest absolute Gasteiger partial charge is 0.261 e. The Morgan fingerprint density at radius 3 is 2.30 bits per heavy atom. The zero-order valence-corrected chi connectivity index (χ0v) is 19.3. The second-order valence-corrected chi connectivity index (χ2v) is 9.05. The summed E-state index contributed by atoms with van der Waals surface area (Å²) in [5.41, 5.74) is 2.58. The minimum absolute atomic E-state index is 0.0954. The zero-order valence-electron chi connectivity index (χ0n) is 18.5. The predicted octanol–water partition coefficient (Wildman–Crippen LogP) is 3.69. The summed E-state index contributed by atoms with van der Waals surface area (Å²) in [7, 11) is -2.65. The topological polar surface area (TPSA) is 114 Å². The third-order valence-corrected chi connectivity index (χ3v) is 6.14. The van der Waals surface area contributed by atoms with Gasteiger partial charge in [0.25, 0.3) is 15.9 Å². The molecule has 0 saturated carbocycles. The van der Waals surface area contributed by atoms with E-state index in [0.29, 0.717) is 12.3 Å². The third kappa shape index (κ3) is 6.11. The number of carbonyl (C=O) groups is 2. The molecule has 0 heterocycles. The number of aryl methyl sites for hydroxylation is 1. The van der Waals surface area contributed by atoms with E-state index in [2.05, 4.69) is 15.4 Å². The van der Waals surface area contributed by atoms with Crippen LogP contribution in [-0.4, -0.2) is 27.3 Å². The van der Waals surface area contributed by atoms with Crippen LogP contribution in [0.2, 0.25) is 0 Å². The van der Waals surface area contributed by atoms with E-state index in [4.69, 9.17) is 4.74 Å². The highest BCUT2D eigenvalue weighted by Crippen LogP contribution is 2.29. The van der Waals surface area contributed by atoms with Crippen molar-refractivity contribution >= 4 is 33.2 Å². The average molecular weight is 468 g/mol. The molecule has 3 N–H and O–H groups in total. The quantitative estimate of drug-likeness (QED) is 0.468. The third-order valence-electron chi connectivity index (χ3n) is 4.78. The van der Waals surface area contributed by atoms with E-state index in [9.17, 15) is 18.0 Å². The van der Waals surface area contributed by atoms with Gasteiger partial charge in [-0.1, -0.05) is 42.0 Å². The lowest BCUT2D eigenvalue weighted by Crippen LogP contribution is -2.25. The molecule has 0 unspecified atom stereocenters. The highest BCUT2D eigenvalue weighted by molar-refractivity contribution is 7.92. The van der Waals surface area contributed by atoms with E-state index in [-0.39, 0.29) is 27.7 Å². The Hall–Kier alpha value is -3.85. The molecule has 0 aliphatic rings. The van der Waals surface area contributed by atoms with Crippen LogP contribution >= 0.6 is 0 Å². The van der Waals surface area contributed by atoms with E-state index in [1.165, 1.54) is 38.3 Å². The molecular weight excluding hydrogens is 442 g/mol. The van der Waals surface area contributed by atoms with Crippen molar-refractivity contribution in [1.82, 2.24) is 5.32 Å². The van der Waals surface area contributed by atoms with E-state index in [0.717, 1.165) is 11.1 Å². The molecule has 0 bridgehead atoms. The van der Waals surface area contributed by atoms with E-state index in [1.54, 1.807) is 18.2 Å². The summed E-state index contributed by atoms with van der Waals surface area (Å²) in [5.74, 6) is -0.464. The molecule has 0 saturated heterocycles. The lowest BCUT2D eigenvalue weighted by molar-refractivity contribution is -0.114. The molecular formula is C24H25N3O5S. The number of hydrogen-bond donors (Lipinski definition) is 3.